The summed E-state index contributed by atoms with van der Waals surface area (Å²) in [5, 5.41) is 3.19. The van der Waals surface area contributed by atoms with Gasteiger partial charge in [0, 0.05) is 6.54 Å². The van der Waals surface area contributed by atoms with Crippen LogP contribution in [0.1, 0.15) is 23.2 Å². The van der Waals surface area contributed by atoms with Gasteiger partial charge in [-0.3, -0.25) is 4.79 Å². The van der Waals surface area contributed by atoms with Crippen molar-refractivity contribution < 1.29 is 4.79 Å². The molecular weight excluding hydrogens is 234 g/mol. The van der Waals surface area contributed by atoms with Gasteiger partial charge in [0.15, 0.2) is 0 Å². The summed E-state index contributed by atoms with van der Waals surface area (Å²) in [6, 6.07) is 5.17. The zero-order valence-electron chi connectivity index (χ0n) is 10.0. The normalized spacial score (nSPS) is 10.2. The van der Waals surface area contributed by atoms with Crippen molar-refractivity contribution >= 4 is 29.0 Å². The van der Waals surface area contributed by atoms with E-state index in [0.717, 1.165) is 25.1 Å². The molecule has 94 valence electrons. The highest BCUT2D eigenvalue weighted by atomic mass is 32.2. The van der Waals surface area contributed by atoms with E-state index in [-0.39, 0.29) is 0 Å². The number of anilines is 2. The molecule has 0 saturated carbocycles. The molecule has 0 unspecified atom stereocenters. The highest BCUT2D eigenvalue weighted by Gasteiger charge is 2.09. The van der Waals surface area contributed by atoms with Crippen LogP contribution in [0.3, 0.4) is 0 Å². The predicted molar refractivity (Wildman–Crippen MR) is 75.5 cm³/mol. The molecule has 0 saturated heterocycles. The van der Waals surface area contributed by atoms with Gasteiger partial charge in [-0.15, -0.1) is 0 Å². The van der Waals surface area contributed by atoms with E-state index in [1.807, 2.05) is 11.8 Å². The van der Waals surface area contributed by atoms with Gasteiger partial charge in [-0.1, -0.05) is 6.07 Å². The summed E-state index contributed by atoms with van der Waals surface area (Å²) >= 11 is 1.83. The summed E-state index contributed by atoms with van der Waals surface area (Å²) in [7, 11) is 0. The molecule has 1 aromatic rings. The van der Waals surface area contributed by atoms with Gasteiger partial charge in [-0.25, -0.2) is 0 Å². The molecular formula is C12H19N3OS. The summed E-state index contributed by atoms with van der Waals surface area (Å²) in [6.07, 6.45) is 4.29. The lowest BCUT2D eigenvalue weighted by atomic mass is 10.1. The Balaban J connectivity index is 2.60. The summed E-state index contributed by atoms with van der Waals surface area (Å²) in [6.45, 7) is 0.801. The molecule has 0 bridgehead atoms. The highest BCUT2D eigenvalue weighted by Crippen LogP contribution is 2.23. The number of rotatable bonds is 7. The smallest absolute Gasteiger partial charge is 0.250 e. The van der Waals surface area contributed by atoms with Crippen LogP contribution < -0.4 is 16.8 Å². The maximum Gasteiger partial charge on any atom is 0.250 e. The molecule has 1 amide bonds. The molecule has 0 atom stereocenters. The zero-order valence-corrected chi connectivity index (χ0v) is 10.8. The third-order valence-corrected chi connectivity index (χ3v) is 3.14. The number of hydrogen-bond acceptors (Lipinski definition) is 4. The second kappa shape index (κ2) is 7.06. The fourth-order valence-electron chi connectivity index (χ4n) is 1.56. The van der Waals surface area contributed by atoms with Crippen LogP contribution in [-0.4, -0.2) is 24.5 Å². The van der Waals surface area contributed by atoms with Crippen LogP contribution in [0, 0.1) is 0 Å². The van der Waals surface area contributed by atoms with Gasteiger partial charge in [-0.05, 0) is 37.0 Å². The third kappa shape index (κ3) is 4.19. The fourth-order valence-corrected chi connectivity index (χ4v) is 2.05. The predicted octanol–water partition coefficient (Wildman–Crippen LogP) is 1.92. The fraction of sp³-hybridized carbons (Fsp3) is 0.417. The van der Waals surface area contributed by atoms with Gasteiger partial charge in [-0.2, -0.15) is 11.8 Å². The molecule has 0 heterocycles. The molecule has 5 N–H and O–H groups in total. The Morgan fingerprint density at radius 1 is 1.41 bits per heavy atom. The Bertz CT molecular complexity index is 382. The first kappa shape index (κ1) is 13.7. The number of benzene rings is 1. The number of para-hydroxylation sites is 1. The Labute approximate surface area is 106 Å². The number of hydrogen-bond donors (Lipinski definition) is 3. The van der Waals surface area contributed by atoms with Crippen molar-refractivity contribution in [3.05, 3.63) is 23.8 Å². The van der Waals surface area contributed by atoms with Crippen LogP contribution in [0.5, 0.6) is 0 Å². The minimum Gasteiger partial charge on any atom is -0.397 e. The number of amides is 1. The van der Waals surface area contributed by atoms with E-state index < -0.39 is 5.91 Å². The highest BCUT2D eigenvalue weighted by molar-refractivity contribution is 7.98. The molecule has 0 aromatic heterocycles. The molecule has 4 nitrogen and oxygen atoms in total. The Morgan fingerprint density at radius 3 is 2.82 bits per heavy atom. The van der Waals surface area contributed by atoms with Gasteiger partial charge >= 0.3 is 0 Å². The van der Waals surface area contributed by atoms with Crippen molar-refractivity contribution in [3.8, 4) is 0 Å². The van der Waals surface area contributed by atoms with E-state index in [1.54, 1.807) is 18.2 Å². The molecule has 0 fully saturated rings. The van der Waals surface area contributed by atoms with Crippen molar-refractivity contribution in [1.29, 1.82) is 0 Å². The average molecular weight is 253 g/mol. The topological polar surface area (TPSA) is 81.1 Å². The van der Waals surface area contributed by atoms with Crippen molar-refractivity contribution in [2.24, 2.45) is 5.73 Å². The summed E-state index contributed by atoms with van der Waals surface area (Å²) in [4.78, 5) is 11.2. The standard InChI is InChI=1S/C12H19N3OS/c1-17-8-3-2-7-15-11-9(12(14)16)5-4-6-10(11)13/h4-6,15H,2-3,7-8,13H2,1H3,(H2,14,16). The van der Waals surface area contributed by atoms with E-state index in [4.69, 9.17) is 11.5 Å². The van der Waals surface area contributed by atoms with Crippen molar-refractivity contribution in [1.82, 2.24) is 0 Å². The SMILES string of the molecule is CSCCCCNc1c(N)cccc1C(N)=O. The lowest BCUT2D eigenvalue weighted by molar-refractivity contribution is 0.100. The first-order chi connectivity index (χ1) is 8.16. The molecule has 0 aliphatic rings. The maximum absolute atomic E-state index is 11.2. The Hall–Kier alpha value is -1.36. The molecule has 0 aliphatic carbocycles. The number of thioether (sulfide) groups is 1. The monoisotopic (exact) mass is 253 g/mol. The first-order valence-electron chi connectivity index (χ1n) is 5.58. The van der Waals surface area contributed by atoms with E-state index in [1.165, 1.54) is 0 Å². The van der Waals surface area contributed by atoms with E-state index in [9.17, 15) is 4.79 Å². The maximum atomic E-state index is 11.2. The van der Waals surface area contributed by atoms with Gasteiger partial charge in [0.05, 0.1) is 16.9 Å². The summed E-state index contributed by atoms with van der Waals surface area (Å²) in [5.74, 6) is 0.693. The number of nitrogen functional groups attached to an aromatic ring is 1. The molecule has 1 aromatic carbocycles. The Kier molecular flexibility index (Phi) is 5.69. The van der Waals surface area contributed by atoms with Gasteiger partial charge in [0.25, 0.3) is 5.91 Å². The van der Waals surface area contributed by atoms with Gasteiger partial charge in [0.2, 0.25) is 0 Å². The van der Waals surface area contributed by atoms with Crippen LogP contribution in [-0.2, 0) is 0 Å². The zero-order chi connectivity index (χ0) is 12.7. The average Bonchev–Trinajstić information content (AvgIpc) is 2.30. The van der Waals surface area contributed by atoms with Crippen molar-refractivity contribution in [3.63, 3.8) is 0 Å². The number of nitrogens with one attached hydrogen (secondary N) is 1. The summed E-state index contributed by atoms with van der Waals surface area (Å²) < 4.78 is 0. The van der Waals surface area contributed by atoms with Crippen LogP contribution in [0.25, 0.3) is 0 Å². The molecule has 17 heavy (non-hydrogen) atoms. The first-order valence-corrected chi connectivity index (χ1v) is 6.97. The molecule has 0 aliphatic heterocycles. The second-order valence-corrected chi connectivity index (χ2v) is 4.75. The lowest BCUT2D eigenvalue weighted by Crippen LogP contribution is -2.16. The Morgan fingerprint density at radius 2 is 2.18 bits per heavy atom. The number of nitrogens with two attached hydrogens (primary N) is 2. The lowest BCUT2D eigenvalue weighted by Gasteiger charge is -2.12. The second-order valence-electron chi connectivity index (χ2n) is 3.76. The molecule has 0 spiro atoms. The van der Waals surface area contributed by atoms with Crippen molar-refractivity contribution in [2.45, 2.75) is 12.8 Å². The third-order valence-electron chi connectivity index (χ3n) is 2.44. The van der Waals surface area contributed by atoms with Gasteiger partial charge in [0.1, 0.15) is 0 Å². The summed E-state index contributed by atoms with van der Waals surface area (Å²) in [5.41, 5.74) is 12.8. The van der Waals surface area contributed by atoms with E-state index >= 15 is 0 Å². The number of unbranched alkanes of at least 4 members (excludes halogenated alkanes) is 1. The molecule has 0 radical (unpaired) electrons. The molecule has 1 rings (SSSR count). The van der Waals surface area contributed by atoms with Crippen molar-refractivity contribution in [2.75, 3.05) is 29.6 Å². The van der Waals surface area contributed by atoms with Crippen LogP contribution in [0.2, 0.25) is 0 Å². The minimum atomic E-state index is -0.455. The van der Waals surface area contributed by atoms with Crippen LogP contribution in [0.15, 0.2) is 18.2 Å². The minimum absolute atomic E-state index is 0.454. The van der Waals surface area contributed by atoms with Crippen LogP contribution >= 0.6 is 11.8 Å². The number of carbonyl (C=O) groups is 1. The van der Waals surface area contributed by atoms with Crippen LogP contribution in [0.4, 0.5) is 11.4 Å². The van der Waals surface area contributed by atoms with E-state index in [0.29, 0.717) is 16.9 Å². The van der Waals surface area contributed by atoms with E-state index in [2.05, 4.69) is 11.6 Å². The molecule has 5 heteroatoms. The quantitative estimate of drug-likeness (QED) is 0.512. The number of carbonyl (C=O) groups excluding carboxylic acids is 1. The largest absolute Gasteiger partial charge is 0.397 e. The number of primary amides is 1. The van der Waals surface area contributed by atoms with Gasteiger partial charge < -0.3 is 16.8 Å².